The third-order valence-corrected chi connectivity index (χ3v) is 4.09. The molecule has 2 aromatic carbocycles. The fourth-order valence-electron chi connectivity index (χ4n) is 3.22. The molecule has 1 heterocycles. The van der Waals surface area contributed by atoms with Gasteiger partial charge in [-0.15, -0.1) is 0 Å². The minimum Gasteiger partial charge on any atom is -0.428 e. The second-order valence-electron chi connectivity index (χ2n) is 5.25. The van der Waals surface area contributed by atoms with E-state index in [-0.39, 0.29) is 0 Å². The van der Waals surface area contributed by atoms with Crippen LogP contribution in [0.25, 0.3) is 10.8 Å². The van der Waals surface area contributed by atoms with E-state index in [9.17, 15) is 9.90 Å². The number of aliphatic hydroxyl groups excluding tert-OH is 1. The Morgan fingerprint density at radius 1 is 1.00 bits per heavy atom. The van der Waals surface area contributed by atoms with Crippen molar-refractivity contribution in [1.29, 1.82) is 0 Å². The molecule has 1 unspecified atom stereocenters. The van der Waals surface area contributed by atoms with Gasteiger partial charge in [0.2, 0.25) is 6.29 Å². The molecule has 1 aliphatic rings. The predicted molar refractivity (Wildman–Crippen MR) is 73.3 cm³/mol. The highest BCUT2D eigenvalue weighted by Crippen LogP contribution is 2.40. The van der Waals surface area contributed by atoms with Crippen LogP contribution >= 0.6 is 0 Å². The summed E-state index contributed by atoms with van der Waals surface area (Å²) in [5.41, 5.74) is 5.29. The summed E-state index contributed by atoms with van der Waals surface area (Å²) in [6, 6.07) is 4.13. The maximum atomic E-state index is 11.9. The summed E-state index contributed by atoms with van der Waals surface area (Å²) in [4.78, 5) is 11.9. The van der Waals surface area contributed by atoms with Crippen LogP contribution in [-0.2, 0) is 4.74 Å². The van der Waals surface area contributed by atoms with Gasteiger partial charge in [0, 0.05) is 5.56 Å². The molecule has 0 aliphatic carbocycles. The number of aliphatic hydroxyl groups is 1. The van der Waals surface area contributed by atoms with E-state index in [1.54, 1.807) is 0 Å². The average Bonchev–Trinajstić information content (AvgIpc) is 2.65. The van der Waals surface area contributed by atoms with Gasteiger partial charge in [-0.05, 0) is 60.7 Å². The Morgan fingerprint density at radius 3 is 2.11 bits per heavy atom. The number of benzene rings is 2. The molecule has 19 heavy (non-hydrogen) atoms. The lowest BCUT2D eigenvalue weighted by atomic mass is 9.87. The van der Waals surface area contributed by atoms with E-state index in [1.165, 1.54) is 0 Å². The first-order chi connectivity index (χ1) is 8.93. The number of carbonyl (C=O) groups excluding carboxylic acids is 1. The van der Waals surface area contributed by atoms with Crippen molar-refractivity contribution in [3.05, 3.63) is 45.5 Å². The smallest absolute Gasteiger partial charge is 0.341 e. The number of aryl methyl sites for hydroxylation is 4. The Bertz CT molecular complexity index is 729. The Balaban J connectivity index is 2.60. The second kappa shape index (κ2) is 3.81. The lowest BCUT2D eigenvalue weighted by Crippen LogP contribution is -2.02. The quantitative estimate of drug-likeness (QED) is 0.736. The third kappa shape index (κ3) is 1.45. The monoisotopic (exact) mass is 256 g/mol. The number of fused-ring (bicyclic) bond motifs is 2. The average molecular weight is 256 g/mol. The highest BCUT2D eigenvalue weighted by Gasteiger charge is 2.34. The van der Waals surface area contributed by atoms with Crippen molar-refractivity contribution >= 4 is 16.7 Å². The number of cyclic esters (lactones) is 1. The maximum Gasteiger partial charge on any atom is 0.341 e. The lowest BCUT2D eigenvalue weighted by molar-refractivity contribution is -0.0549. The van der Waals surface area contributed by atoms with Gasteiger partial charge in [0.1, 0.15) is 0 Å². The fourth-order valence-corrected chi connectivity index (χ4v) is 3.22. The molecule has 1 atom stereocenters. The first-order valence-corrected chi connectivity index (χ1v) is 6.35. The van der Waals surface area contributed by atoms with Crippen molar-refractivity contribution in [2.24, 2.45) is 0 Å². The van der Waals surface area contributed by atoms with E-state index in [4.69, 9.17) is 4.74 Å². The molecule has 3 rings (SSSR count). The molecule has 1 aliphatic heterocycles. The molecule has 3 heteroatoms. The molecule has 0 radical (unpaired) electrons. The molecule has 98 valence electrons. The number of ether oxygens (including phenoxy) is 1. The summed E-state index contributed by atoms with van der Waals surface area (Å²) in [7, 11) is 0. The zero-order valence-electron chi connectivity index (χ0n) is 11.5. The van der Waals surface area contributed by atoms with Gasteiger partial charge in [-0.3, -0.25) is 0 Å². The number of esters is 1. The topological polar surface area (TPSA) is 46.5 Å². The van der Waals surface area contributed by atoms with Gasteiger partial charge in [-0.25, -0.2) is 4.79 Å². The molecule has 0 amide bonds. The Kier molecular flexibility index (Phi) is 2.44. The van der Waals surface area contributed by atoms with Crippen molar-refractivity contribution in [3.8, 4) is 0 Å². The molecule has 0 aromatic heterocycles. The van der Waals surface area contributed by atoms with Gasteiger partial charge >= 0.3 is 5.97 Å². The molecule has 0 fully saturated rings. The van der Waals surface area contributed by atoms with E-state index in [0.29, 0.717) is 11.1 Å². The summed E-state index contributed by atoms with van der Waals surface area (Å²) in [6.07, 6.45) is -1.13. The van der Waals surface area contributed by atoms with Crippen LogP contribution < -0.4 is 0 Å². The number of hydrogen-bond donors (Lipinski definition) is 1. The fraction of sp³-hybridized carbons (Fsp3) is 0.312. The van der Waals surface area contributed by atoms with Crippen molar-refractivity contribution in [3.63, 3.8) is 0 Å². The number of carbonyl (C=O) groups is 1. The van der Waals surface area contributed by atoms with Crippen LogP contribution in [0.5, 0.6) is 0 Å². The highest BCUT2D eigenvalue weighted by atomic mass is 16.6. The van der Waals surface area contributed by atoms with E-state index >= 15 is 0 Å². The van der Waals surface area contributed by atoms with E-state index in [1.807, 2.05) is 27.7 Å². The van der Waals surface area contributed by atoms with Crippen LogP contribution in [0, 0.1) is 27.7 Å². The van der Waals surface area contributed by atoms with Gasteiger partial charge in [0.05, 0.1) is 5.56 Å². The van der Waals surface area contributed by atoms with Crippen LogP contribution in [0.2, 0.25) is 0 Å². The first-order valence-electron chi connectivity index (χ1n) is 6.35. The molecule has 0 saturated carbocycles. The molecular formula is C16H16O3. The molecule has 3 nitrogen and oxygen atoms in total. The molecule has 1 N–H and O–H groups in total. The van der Waals surface area contributed by atoms with E-state index in [0.717, 1.165) is 33.0 Å². The Hall–Kier alpha value is -1.87. The molecule has 0 saturated heterocycles. The Labute approximate surface area is 111 Å². The van der Waals surface area contributed by atoms with Crippen LogP contribution in [0.15, 0.2) is 12.1 Å². The summed E-state index contributed by atoms with van der Waals surface area (Å²) in [5, 5.41) is 12.2. The number of hydrogen-bond acceptors (Lipinski definition) is 3. The van der Waals surface area contributed by atoms with Crippen molar-refractivity contribution in [2.75, 3.05) is 0 Å². The van der Waals surface area contributed by atoms with Gasteiger partial charge in [-0.2, -0.15) is 0 Å². The normalized spacial score (nSPS) is 17.7. The summed E-state index contributed by atoms with van der Waals surface area (Å²) in [5.74, 6) is -0.425. The van der Waals surface area contributed by atoms with Crippen LogP contribution in [-0.4, -0.2) is 11.1 Å². The molecular weight excluding hydrogens is 240 g/mol. The summed E-state index contributed by atoms with van der Waals surface area (Å²) < 4.78 is 4.96. The SMILES string of the molecule is Cc1ccc(C)c2c(C)c3c(c(C)c12)C(=O)OC3O. The van der Waals surface area contributed by atoms with E-state index < -0.39 is 12.3 Å². The standard InChI is InChI=1S/C16H16O3/c1-7-5-6-8(2)12-10(4)14-13(9(3)11(7)12)15(17)19-16(14)18/h5-6,15,17H,1-4H3. The third-order valence-electron chi connectivity index (χ3n) is 4.09. The van der Waals surface area contributed by atoms with Crippen molar-refractivity contribution in [1.82, 2.24) is 0 Å². The largest absolute Gasteiger partial charge is 0.428 e. The van der Waals surface area contributed by atoms with Crippen LogP contribution in [0.1, 0.15) is 44.5 Å². The molecule has 0 bridgehead atoms. The Morgan fingerprint density at radius 2 is 1.53 bits per heavy atom. The summed E-state index contributed by atoms with van der Waals surface area (Å²) >= 11 is 0. The zero-order valence-corrected chi connectivity index (χ0v) is 11.5. The van der Waals surface area contributed by atoms with Gasteiger partial charge < -0.3 is 9.84 Å². The summed E-state index contributed by atoms with van der Waals surface area (Å²) in [6.45, 7) is 7.95. The lowest BCUT2D eigenvalue weighted by Gasteiger charge is -2.16. The van der Waals surface area contributed by atoms with Crippen molar-refractivity contribution < 1.29 is 14.6 Å². The molecule has 0 spiro atoms. The van der Waals surface area contributed by atoms with Crippen molar-refractivity contribution in [2.45, 2.75) is 34.0 Å². The van der Waals surface area contributed by atoms with Crippen LogP contribution in [0.3, 0.4) is 0 Å². The minimum absolute atomic E-state index is 0.425. The van der Waals surface area contributed by atoms with Crippen LogP contribution in [0.4, 0.5) is 0 Å². The first kappa shape index (κ1) is 12.2. The second-order valence-corrected chi connectivity index (χ2v) is 5.25. The zero-order chi connectivity index (χ0) is 13.9. The maximum absolute atomic E-state index is 11.9. The highest BCUT2D eigenvalue weighted by molar-refractivity contribution is 6.05. The van der Waals surface area contributed by atoms with Gasteiger partial charge in [-0.1, -0.05) is 12.1 Å². The molecule has 2 aromatic rings. The van der Waals surface area contributed by atoms with Gasteiger partial charge in [0.15, 0.2) is 0 Å². The van der Waals surface area contributed by atoms with E-state index in [2.05, 4.69) is 12.1 Å². The predicted octanol–water partition coefficient (Wildman–Crippen LogP) is 3.23. The van der Waals surface area contributed by atoms with Gasteiger partial charge in [0.25, 0.3) is 0 Å². The number of rotatable bonds is 0. The minimum atomic E-state index is -1.13.